The topological polar surface area (TPSA) is 53.1 Å². The number of nitrogens with one attached hydrogen (secondary N) is 1. The van der Waals surface area contributed by atoms with Gasteiger partial charge in [0.1, 0.15) is 11.5 Å². The van der Waals surface area contributed by atoms with Gasteiger partial charge < -0.3 is 10.1 Å². The van der Waals surface area contributed by atoms with E-state index < -0.39 is 5.97 Å². The van der Waals surface area contributed by atoms with Gasteiger partial charge in [0.2, 0.25) is 0 Å². The highest BCUT2D eigenvalue weighted by Crippen LogP contribution is 2.36. The summed E-state index contributed by atoms with van der Waals surface area (Å²) >= 11 is 7.46. The number of fused-ring (bicyclic) bond motifs is 1. The van der Waals surface area contributed by atoms with Crippen LogP contribution in [0.1, 0.15) is 10.5 Å². The van der Waals surface area contributed by atoms with Crippen molar-refractivity contribution in [1.29, 1.82) is 0 Å². The van der Waals surface area contributed by atoms with Gasteiger partial charge >= 0.3 is 5.97 Å². The Morgan fingerprint density at radius 2 is 1.90 bits per heavy atom. The van der Waals surface area contributed by atoms with Crippen LogP contribution in [0.5, 0.6) is 0 Å². The third-order valence-electron chi connectivity index (χ3n) is 2.94. The molecule has 3 aromatic rings. The zero-order chi connectivity index (χ0) is 15.0. The third-order valence-corrected chi connectivity index (χ3v) is 4.22. The molecular formula is C15H9ClFNO2S. The van der Waals surface area contributed by atoms with Gasteiger partial charge in [-0.2, -0.15) is 0 Å². The number of rotatable bonds is 3. The third kappa shape index (κ3) is 2.89. The highest BCUT2D eigenvalue weighted by atomic mass is 35.5. The van der Waals surface area contributed by atoms with Gasteiger partial charge in [-0.3, -0.25) is 0 Å². The van der Waals surface area contributed by atoms with E-state index in [4.69, 9.17) is 16.7 Å². The van der Waals surface area contributed by atoms with Gasteiger partial charge in [0.15, 0.2) is 0 Å². The van der Waals surface area contributed by atoms with E-state index in [9.17, 15) is 9.18 Å². The summed E-state index contributed by atoms with van der Waals surface area (Å²) in [6, 6.07) is 11.1. The molecule has 2 N–H and O–H groups in total. The van der Waals surface area contributed by atoms with Gasteiger partial charge in [-0.15, -0.1) is 0 Å². The molecule has 0 saturated heterocycles. The number of carboxylic acids is 1. The molecule has 0 unspecified atom stereocenters. The lowest BCUT2D eigenvalue weighted by atomic mass is 10.2. The van der Waals surface area contributed by atoms with Crippen LogP contribution in [-0.2, 0) is 0 Å². The van der Waals surface area contributed by atoms with E-state index in [2.05, 4.69) is 4.98 Å². The number of halogens is 2. The minimum absolute atomic E-state index is 0.105. The summed E-state index contributed by atoms with van der Waals surface area (Å²) in [5.41, 5.74) is 0.762. The van der Waals surface area contributed by atoms with Gasteiger partial charge in [-0.25, -0.2) is 9.18 Å². The van der Waals surface area contributed by atoms with Crippen molar-refractivity contribution in [1.82, 2.24) is 4.98 Å². The molecule has 106 valence electrons. The summed E-state index contributed by atoms with van der Waals surface area (Å²) in [7, 11) is 0. The quantitative estimate of drug-likeness (QED) is 0.728. The van der Waals surface area contributed by atoms with Crippen LogP contribution in [0.3, 0.4) is 0 Å². The van der Waals surface area contributed by atoms with Crippen LogP contribution >= 0.6 is 23.4 Å². The molecule has 1 aromatic heterocycles. The van der Waals surface area contributed by atoms with Crippen LogP contribution in [0.2, 0.25) is 5.02 Å². The van der Waals surface area contributed by atoms with Crippen LogP contribution in [0.4, 0.5) is 4.39 Å². The maximum Gasteiger partial charge on any atom is 0.352 e. The first-order chi connectivity index (χ1) is 10.0. The second-order valence-electron chi connectivity index (χ2n) is 4.41. The van der Waals surface area contributed by atoms with Gasteiger partial charge in [0, 0.05) is 25.7 Å². The molecule has 0 radical (unpaired) electrons. The second-order valence-corrected chi connectivity index (χ2v) is 5.96. The summed E-state index contributed by atoms with van der Waals surface area (Å²) in [6.07, 6.45) is 0. The van der Waals surface area contributed by atoms with Crippen molar-refractivity contribution < 1.29 is 14.3 Å². The molecule has 1 heterocycles. The molecule has 0 spiro atoms. The van der Waals surface area contributed by atoms with Crippen LogP contribution < -0.4 is 0 Å². The fourth-order valence-corrected chi connectivity index (χ4v) is 3.27. The lowest BCUT2D eigenvalue weighted by Crippen LogP contribution is -1.94. The Balaban J connectivity index is 2.08. The van der Waals surface area contributed by atoms with Crippen LogP contribution in [-0.4, -0.2) is 16.1 Å². The van der Waals surface area contributed by atoms with Crippen molar-refractivity contribution in [2.24, 2.45) is 0 Å². The first-order valence-corrected chi connectivity index (χ1v) is 7.21. The summed E-state index contributed by atoms with van der Waals surface area (Å²) in [5, 5.41) is 10.3. The summed E-state index contributed by atoms with van der Waals surface area (Å²) in [5.74, 6) is -1.33. The average molecular weight is 322 g/mol. The minimum Gasteiger partial charge on any atom is -0.477 e. The average Bonchev–Trinajstić information content (AvgIpc) is 2.85. The number of hydrogen-bond donors (Lipinski definition) is 2. The molecule has 3 rings (SSSR count). The molecular weight excluding hydrogens is 313 g/mol. The molecule has 0 bridgehead atoms. The van der Waals surface area contributed by atoms with Crippen molar-refractivity contribution in [2.75, 3.05) is 0 Å². The number of H-pyrrole nitrogens is 1. The van der Waals surface area contributed by atoms with Crippen molar-refractivity contribution in [2.45, 2.75) is 9.79 Å². The monoisotopic (exact) mass is 321 g/mol. The predicted octanol–water partition coefficient (Wildman–Crippen LogP) is 4.81. The van der Waals surface area contributed by atoms with Gasteiger partial charge in [0.25, 0.3) is 0 Å². The molecule has 0 fully saturated rings. The molecule has 0 aliphatic heterocycles. The Hall–Kier alpha value is -1.98. The Kier molecular flexibility index (Phi) is 3.61. The summed E-state index contributed by atoms with van der Waals surface area (Å²) in [6.45, 7) is 0. The number of aromatic nitrogens is 1. The normalized spacial score (nSPS) is 11.0. The van der Waals surface area contributed by atoms with Crippen LogP contribution in [0.15, 0.2) is 52.3 Å². The molecule has 2 aromatic carbocycles. The second kappa shape index (κ2) is 5.42. The van der Waals surface area contributed by atoms with E-state index in [1.54, 1.807) is 30.3 Å². The smallest absolute Gasteiger partial charge is 0.352 e. The highest BCUT2D eigenvalue weighted by Gasteiger charge is 2.12. The van der Waals surface area contributed by atoms with Crippen LogP contribution in [0.25, 0.3) is 10.9 Å². The lowest BCUT2D eigenvalue weighted by Gasteiger charge is -2.04. The van der Waals surface area contributed by atoms with Crippen molar-refractivity contribution >= 4 is 40.2 Å². The van der Waals surface area contributed by atoms with Gasteiger partial charge in [0.05, 0.1) is 0 Å². The van der Waals surface area contributed by atoms with E-state index in [0.29, 0.717) is 10.5 Å². The molecule has 0 aliphatic carbocycles. The molecule has 21 heavy (non-hydrogen) atoms. The molecule has 0 amide bonds. The maximum absolute atomic E-state index is 12.9. The molecule has 0 aliphatic rings. The number of carbonyl (C=O) groups is 1. The first-order valence-electron chi connectivity index (χ1n) is 6.02. The summed E-state index contributed by atoms with van der Waals surface area (Å²) < 4.78 is 12.9. The van der Waals surface area contributed by atoms with E-state index in [1.807, 2.05) is 0 Å². The fourth-order valence-electron chi connectivity index (χ4n) is 2.00. The molecule has 3 nitrogen and oxygen atoms in total. The molecule has 6 heteroatoms. The zero-order valence-electron chi connectivity index (χ0n) is 10.6. The van der Waals surface area contributed by atoms with E-state index >= 15 is 0 Å². The predicted molar refractivity (Wildman–Crippen MR) is 80.8 cm³/mol. The first kappa shape index (κ1) is 14.0. The van der Waals surface area contributed by atoms with Gasteiger partial charge in [-0.05, 0) is 42.5 Å². The number of aromatic carboxylic acids is 1. The Morgan fingerprint density at radius 3 is 2.57 bits per heavy atom. The summed E-state index contributed by atoms with van der Waals surface area (Å²) in [4.78, 5) is 15.5. The zero-order valence-corrected chi connectivity index (χ0v) is 12.1. The van der Waals surface area contributed by atoms with Crippen molar-refractivity contribution in [3.63, 3.8) is 0 Å². The van der Waals surface area contributed by atoms with Crippen molar-refractivity contribution in [3.8, 4) is 0 Å². The lowest BCUT2D eigenvalue weighted by molar-refractivity contribution is 0.0691. The van der Waals surface area contributed by atoms with Crippen LogP contribution in [0, 0.1) is 5.82 Å². The number of carboxylic acid groups (broad SMARTS) is 1. The van der Waals surface area contributed by atoms with E-state index in [-0.39, 0.29) is 11.5 Å². The largest absolute Gasteiger partial charge is 0.477 e. The fraction of sp³-hybridized carbons (Fsp3) is 0. The number of hydrogen-bond acceptors (Lipinski definition) is 2. The number of aromatic amines is 1. The van der Waals surface area contributed by atoms with Crippen molar-refractivity contribution in [3.05, 3.63) is 59.0 Å². The molecule has 0 atom stereocenters. The maximum atomic E-state index is 12.9. The highest BCUT2D eigenvalue weighted by molar-refractivity contribution is 7.99. The number of benzene rings is 2. The Bertz CT molecular complexity index is 830. The van der Waals surface area contributed by atoms with E-state index in [0.717, 1.165) is 15.2 Å². The Morgan fingerprint density at radius 1 is 1.19 bits per heavy atom. The SMILES string of the molecule is O=C(O)c1cc2c(Sc3ccc(F)cc3)cc(Cl)cc2[nH]1. The standard InChI is InChI=1S/C15H9ClFNO2S/c16-8-5-12-11(7-13(18-12)15(19)20)14(6-8)21-10-3-1-9(17)2-4-10/h1-7,18H,(H,19,20). The molecule has 0 saturated carbocycles. The van der Waals surface area contributed by atoms with Gasteiger partial charge in [-0.1, -0.05) is 23.4 Å². The van der Waals surface area contributed by atoms with E-state index in [1.165, 1.54) is 23.9 Å². The minimum atomic E-state index is -1.03. The Labute approximate surface area is 128 Å².